The standard InChI is InChI=1S/C13H20N2S/c1-11-6-13(9-14-7-11)10-15-8-12-2-4-16-5-3-12/h6-7,9,12,15H,2-5,8,10H2,1H3. The first-order chi connectivity index (χ1) is 7.84. The van der Waals surface area contributed by atoms with Crippen LogP contribution < -0.4 is 5.32 Å². The number of aryl methyl sites for hydroxylation is 1. The van der Waals surface area contributed by atoms with Crippen LogP contribution >= 0.6 is 11.8 Å². The van der Waals surface area contributed by atoms with Crippen LogP contribution in [0.1, 0.15) is 24.0 Å². The molecule has 88 valence electrons. The molecule has 0 bridgehead atoms. The molecule has 3 heteroatoms. The highest BCUT2D eigenvalue weighted by molar-refractivity contribution is 7.99. The van der Waals surface area contributed by atoms with Crippen molar-refractivity contribution in [3.05, 3.63) is 29.6 Å². The Hall–Kier alpha value is -0.540. The van der Waals surface area contributed by atoms with Crippen LogP contribution in [0.5, 0.6) is 0 Å². The van der Waals surface area contributed by atoms with Crippen LogP contribution in [0.3, 0.4) is 0 Å². The minimum absolute atomic E-state index is 0.888. The molecule has 2 rings (SSSR count). The van der Waals surface area contributed by atoms with Gasteiger partial charge in [-0.2, -0.15) is 11.8 Å². The highest BCUT2D eigenvalue weighted by Gasteiger charge is 2.12. The predicted molar refractivity (Wildman–Crippen MR) is 70.7 cm³/mol. The quantitative estimate of drug-likeness (QED) is 0.870. The van der Waals surface area contributed by atoms with Crippen LogP contribution in [-0.4, -0.2) is 23.0 Å². The lowest BCUT2D eigenvalue weighted by Crippen LogP contribution is -2.25. The Morgan fingerprint density at radius 2 is 2.19 bits per heavy atom. The van der Waals surface area contributed by atoms with E-state index in [4.69, 9.17) is 0 Å². The van der Waals surface area contributed by atoms with Gasteiger partial charge < -0.3 is 5.32 Å². The van der Waals surface area contributed by atoms with Gasteiger partial charge in [-0.05, 0) is 54.9 Å². The number of nitrogens with zero attached hydrogens (tertiary/aromatic N) is 1. The number of rotatable bonds is 4. The molecule has 1 aliphatic rings. The normalized spacial score (nSPS) is 17.6. The van der Waals surface area contributed by atoms with E-state index in [-0.39, 0.29) is 0 Å². The monoisotopic (exact) mass is 236 g/mol. The van der Waals surface area contributed by atoms with E-state index in [2.05, 4.69) is 35.1 Å². The molecule has 0 spiro atoms. The van der Waals surface area contributed by atoms with E-state index in [0.717, 1.165) is 19.0 Å². The van der Waals surface area contributed by atoms with Gasteiger partial charge in [-0.3, -0.25) is 4.98 Å². The fraction of sp³-hybridized carbons (Fsp3) is 0.615. The summed E-state index contributed by atoms with van der Waals surface area (Å²) < 4.78 is 0. The molecule has 0 atom stereocenters. The van der Waals surface area contributed by atoms with E-state index in [9.17, 15) is 0 Å². The molecule has 16 heavy (non-hydrogen) atoms. The van der Waals surface area contributed by atoms with Crippen LogP contribution in [-0.2, 0) is 6.54 Å². The summed E-state index contributed by atoms with van der Waals surface area (Å²) in [5.74, 6) is 3.58. The molecule has 2 heterocycles. The van der Waals surface area contributed by atoms with E-state index in [1.807, 2.05) is 12.4 Å². The highest BCUT2D eigenvalue weighted by atomic mass is 32.2. The van der Waals surface area contributed by atoms with Crippen molar-refractivity contribution in [3.8, 4) is 0 Å². The number of thioether (sulfide) groups is 1. The number of hydrogen-bond acceptors (Lipinski definition) is 3. The van der Waals surface area contributed by atoms with Crippen molar-refractivity contribution in [2.45, 2.75) is 26.3 Å². The zero-order chi connectivity index (χ0) is 11.2. The molecule has 0 unspecified atom stereocenters. The summed E-state index contributed by atoms with van der Waals surface area (Å²) in [6.45, 7) is 4.21. The Morgan fingerprint density at radius 1 is 1.38 bits per heavy atom. The molecule has 0 aliphatic carbocycles. The maximum atomic E-state index is 4.21. The first-order valence-corrected chi connectivity index (χ1v) is 7.19. The van der Waals surface area contributed by atoms with Gasteiger partial charge in [-0.15, -0.1) is 0 Å². The zero-order valence-corrected chi connectivity index (χ0v) is 10.7. The van der Waals surface area contributed by atoms with Gasteiger partial charge in [0.1, 0.15) is 0 Å². The molecule has 0 amide bonds. The Labute approximate surface area is 102 Å². The van der Waals surface area contributed by atoms with Crippen LogP contribution in [0, 0.1) is 12.8 Å². The van der Waals surface area contributed by atoms with Crippen LogP contribution in [0.25, 0.3) is 0 Å². The molecule has 0 radical (unpaired) electrons. The van der Waals surface area contributed by atoms with Gasteiger partial charge in [0.15, 0.2) is 0 Å². The van der Waals surface area contributed by atoms with Gasteiger partial charge >= 0.3 is 0 Å². The molecule has 1 N–H and O–H groups in total. The second-order valence-electron chi connectivity index (χ2n) is 4.56. The fourth-order valence-electron chi connectivity index (χ4n) is 2.09. The zero-order valence-electron chi connectivity index (χ0n) is 9.91. The maximum absolute atomic E-state index is 4.21. The van der Waals surface area contributed by atoms with Gasteiger partial charge in [0.2, 0.25) is 0 Å². The molecule has 1 aromatic heterocycles. The van der Waals surface area contributed by atoms with Gasteiger partial charge in [-0.1, -0.05) is 6.07 Å². The minimum Gasteiger partial charge on any atom is -0.312 e. The Balaban J connectivity index is 1.71. The van der Waals surface area contributed by atoms with E-state index >= 15 is 0 Å². The number of nitrogens with one attached hydrogen (secondary N) is 1. The maximum Gasteiger partial charge on any atom is 0.0313 e. The lowest BCUT2D eigenvalue weighted by molar-refractivity contribution is 0.447. The molecule has 1 saturated heterocycles. The van der Waals surface area contributed by atoms with E-state index in [0.29, 0.717) is 0 Å². The third kappa shape index (κ3) is 3.80. The number of pyridine rings is 1. The molecule has 1 aromatic rings. The summed E-state index contributed by atoms with van der Waals surface area (Å²) in [5.41, 5.74) is 2.54. The Morgan fingerprint density at radius 3 is 2.94 bits per heavy atom. The van der Waals surface area contributed by atoms with Crippen molar-refractivity contribution in [3.63, 3.8) is 0 Å². The first-order valence-electron chi connectivity index (χ1n) is 6.03. The smallest absolute Gasteiger partial charge is 0.0313 e. The summed E-state index contributed by atoms with van der Waals surface area (Å²) in [7, 11) is 0. The molecule has 0 aromatic carbocycles. The van der Waals surface area contributed by atoms with Crippen molar-refractivity contribution in [1.82, 2.24) is 10.3 Å². The van der Waals surface area contributed by atoms with Crippen molar-refractivity contribution in [2.75, 3.05) is 18.1 Å². The van der Waals surface area contributed by atoms with Crippen molar-refractivity contribution in [2.24, 2.45) is 5.92 Å². The molecule has 1 fully saturated rings. The van der Waals surface area contributed by atoms with Crippen LogP contribution in [0.15, 0.2) is 18.5 Å². The minimum atomic E-state index is 0.888. The number of hydrogen-bond donors (Lipinski definition) is 1. The summed E-state index contributed by atoms with van der Waals surface area (Å²) in [5, 5.41) is 3.55. The first kappa shape index (κ1) is 11.9. The molecule has 1 aliphatic heterocycles. The average Bonchev–Trinajstić information content (AvgIpc) is 2.30. The van der Waals surface area contributed by atoms with Gasteiger partial charge in [-0.25, -0.2) is 0 Å². The molecular weight excluding hydrogens is 216 g/mol. The number of aromatic nitrogens is 1. The molecule has 0 saturated carbocycles. The lowest BCUT2D eigenvalue weighted by atomic mass is 10.0. The summed E-state index contributed by atoms with van der Waals surface area (Å²) in [6, 6.07) is 2.21. The largest absolute Gasteiger partial charge is 0.312 e. The predicted octanol–water partition coefficient (Wildman–Crippen LogP) is 2.62. The topological polar surface area (TPSA) is 24.9 Å². The van der Waals surface area contributed by atoms with Crippen molar-refractivity contribution in [1.29, 1.82) is 0 Å². The third-order valence-electron chi connectivity index (χ3n) is 3.03. The van der Waals surface area contributed by atoms with E-state index in [1.54, 1.807) is 0 Å². The third-order valence-corrected chi connectivity index (χ3v) is 4.08. The Bertz CT molecular complexity index is 321. The molecular formula is C13H20N2S. The lowest BCUT2D eigenvalue weighted by Gasteiger charge is -2.21. The van der Waals surface area contributed by atoms with Crippen molar-refractivity contribution < 1.29 is 0 Å². The van der Waals surface area contributed by atoms with Crippen molar-refractivity contribution >= 4 is 11.8 Å². The van der Waals surface area contributed by atoms with Gasteiger partial charge in [0.05, 0.1) is 0 Å². The summed E-state index contributed by atoms with van der Waals surface area (Å²) in [4.78, 5) is 4.21. The Kier molecular flexibility index (Phi) is 4.67. The SMILES string of the molecule is Cc1cncc(CNCC2CCSCC2)c1. The van der Waals surface area contributed by atoms with Crippen LogP contribution in [0.4, 0.5) is 0 Å². The van der Waals surface area contributed by atoms with Crippen LogP contribution in [0.2, 0.25) is 0 Å². The van der Waals surface area contributed by atoms with E-state index in [1.165, 1.54) is 35.5 Å². The summed E-state index contributed by atoms with van der Waals surface area (Å²) in [6.07, 6.45) is 6.62. The second kappa shape index (κ2) is 6.26. The van der Waals surface area contributed by atoms with E-state index < -0.39 is 0 Å². The van der Waals surface area contributed by atoms with Gasteiger partial charge in [0.25, 0.3) is 0 Å². The molecule has 2 nitrogen and oxygen atoms in total. The highest BCUT2D eigenvalue weighted by Crippen LogP contribution is 2.21. The van der Waals surface area contributed by atoms with Gasteiger partial charge in [0, 0.05) is 18.9 Å². The second-order valence-corrected chi connectivity index (χ2v) is 5.78. The fourth-order valence-corrected chi connectivity index (χ4v) is 3.29. The summed E-state index contributed by atoms with van der Waals surface area (Å²) >= 11 is 2.09. The average molecular weight is 236 g/mol.